The molecule has 3 heteroatoms. The maximum Gasteiger partial charge on any atom is 0.129 e. The van der Waals surface area contributed by atoms with Gasteiger partial charge in [-0.05, 0) is 19.4 Å². The van der Waals surface area contributed by atoms with Gasteiger partial charge in [0.2, 0.25) is 0 Å². The topological polar surface area (TPSA) is 46.2 Å². The highest BCUT2D eigenvalue weighted by molar-refractivity contribution is 5.42. The van der Waals surface area contributed by atoms with Gasteiger partial charge in [-0.25, -0.2) is 4.39 Å². The molecule has 0 bridgehead atoms. The molecule has 1 atom stereocenters. The van der Waals surface area contributed by atoms with Crippen molar-refractivity contribution in [1.29, 1.82) is 0 Å². The van der Waals surface area contributed by atoms with Crippen LogP contribution in [0.4, 0.5) is 4.39 Å². The fourth-order valence-corrected chi connectivity index (χ4v) is 1.22. The summed E-state index contributed by atoms with van der Waals surface area (Å²) in [4.78, 5) is 0. The van der Waals surface area contributed by atoms with E-state index < -0.39 is 5.82 Å². The summed E-state index contributed by atoms with van der Waals surface area (Å²) >= 11 is 0. The Bertz CT molecular complexity index is 312. The Morgan fingerprint density at radius 3 is 2.69 bits per heavy atom. The Balaban J connectivity index is 3.18. The van der Waals surface area contributed by atoms with E-state index in [4.69, 9.17) is 5.73 Å². The first-order chi connectivity index (χ1) is 6.07. The van der Waals surface area contributed by atoms with Crippen molar-refractivity contribution in [2.75, 3.05) is 0 Å². The fourth-order valence-electron chi connectivity index (χ4n) is 1.22. The molecule has 0 amide bonds. The van der Waals surface area contributed by atoms with Crippen LogP contribution < -0.4 is 5.73 Å². The molecule has 0 radical (unpaired) electrons. The molecule has 1 rings (SSSR count). The summed E-state index contributed by atoms with van der Waals surface area (Å²) in [7, 11) is 0. The van der Waals surface area contributed by atoms with Gasteiger partial charge in [-0.3, -0.25) is 0 Å². The highest BCUT2D eigenvalue weighted by atomic mass is 19.1. The lowest BCUT2D eigenvalue weighted by Crippen LogP contribution is -2.09. The molecule has 0 aliphatic rings. The third kappa shape index (κ3) is 1.80. The van der Waals surface area contributed by atoms with Crippen LogP contribution in [0.3, 0.4) is 0 Å². The summed E-state index contributed by atoms with van der Waals surface area (Å²) < 4.78 is 12.9. The molecular weight excluding hydrogens is 169 g/mol. The van der Waals surface area contributed by atoms with Crippen LogP contribution in [-0.2, 0) is 0 Å². The van der Waals surface area contributed by atoms with Crippen molar-refractivity contribution in [3.63, 3.8) is 0 Å². The molecule has 2 nitrogen and oxygen atoms in total. The molecule has 0 aliphatic heterocycles. The van der Waals surface area contributed by atoms with E-state index in [0.717, 1.165) is 6.42 Å². The lowest BCUT2D eigenvalue weighted by Gasteiger charge is -2.13. The number of phenols is 1. The van der Waals surface area contributed by atoms with Crippen molar-refractivity contribution in [3.8, 4) is 5.75 Å². The van der Waals surface area contributed by atoms with E-state index in [1.54, 1.807) is 0 Å². The Morgan fingerprint density at radius 2 is 2.15 bits per heavy atom. The zero-order valence-electron chi connectivity index (χ0n) is 7.84. The first-order valence-corrected chi connectivity index (χ1v) is 4.31. The molecule has 0 saturated heterocycles. The van der Waals surface area contributed by atoms with Crippen molar-refractivity contribution in [2.24, 2.45) is 5.73 Å². The van der Waals surface area contributed by atoms with E-state index in [-0.39, 0.29) is 17.4 Å². The first-order valence-electron chi connectivity index (χ1n) is 4.31. The lowest BCUT2D eigenvalue weighted by atomic mass is 10.0. The van der Waals surface area contributed by atoms with Crippen LogP contribution in [-0.4, -0.2) is 5.11 Å². The minimum absolute atomic E-state index is 0.0191. The first kappa shape index (κ1) is 9.99. The van der Waals surface area contributed by atoms with Gasteiger partial charge in [0.25, 0.3) is 0 Å². The zero-order chi connectivity index (χ0) is 10.0. The Hall–Kier alpha value is -1.09. The molecule has 0 aromatic heterocycles. The molecule has 72 valence electrons. The third-order valence-electron chi connectivity index (χ3n) is 2.24. The number of halogens is 1. The lowest BCUT2D eigenvalue weighted by molar-refractivity contribution is 0.448. The standard InChI is InChI=1S/C10H14FNO/c1-3-9(12)7-4-5-8(11)6(2)10(7)13/h4-5,9,13H,3,12H2,1-2H3/t9-/m1/s1. The molecule has 0 heterocycles. The predicted octanol–water partition coefficient (Wildman–Crippen LogP) is 2.25. The number of hydrogen-bond acceptors (Lipinski definition) is 2. The molecule has 0 aliphatic carbocycles. The SMILES string of the molecule is CC[C@@H](N)c1ccc(F)c(C)c1O. The maximum absolute atomic E-state index is 12.9. The van der Waals surface area contributed by atoms with Gasteiger partial charge < -0.3 is 10.8 Å². The second-order valence-corrected chi connectivity index (χ2v) is 3.12. The highest BCUT2D eigenvalue weighted by Gasteiger charge is 2.12. The molecule has 0 fully saturated rings. The molecule has 0 spiro atoms. The largest absolute Gasteiger partial charge is 0.507 e. The van der Waals surface area contributed by atoms with E-state index in [1.165, 1.54) is 19.1 Å². The van der Waals surface area contributed by atoms with Crippen LogP contribution in [0.15, 0.2) is 12.1 Å². The van der Waals surface area contributed by atoms with Crippen LogP contribution in [0.5, 0.6) is 5.75 Å². The van der Waals surface area contributed by atoms with E-state index >= 15 is 0 Å². The van der Waals surface area contributed by atoms with Crippen molar-refractivity contribution in [1.82, 2.24) is 0 Å². The van der Waals surface area contributed by atoms with Crippen molar-refractivity contribution < 1.29 is 9.50 Å². The Labute approximate surface area is 77.2 Å². The average Bonchev–Trinajstić information content (AvgIpc) is 2.13. The molecule has 1 aromatic rings. The van der Waals surface area contributed by atoms with Gasteiger partial charge in [0.15, 0.2) is 0 Å². The predicted molar refractivity (Wildman–Crippen MR) is 50.0 cm³/mol. The molecule has 0 unspecified atom stereocenters. The minimum atomic E-state index is -0.399. The van der Waals surface area contributed by atoms with Crippen molar-refractivity contribution >= 4 is 0 Å². The van der Waals surface area contributed by atoms with Gasteiger partial charge in [0, 0.05) is 17.2 Å². The average molecular weight is 183 g/mol. The van der Waals surface area contributed by atoms with E-state index in [0.29, 0.717) is 5.56 Å². The van der Waals surface area contributed by atoms with E-state index in [2.05, 4.69) is 0 Å². The summed E-state index contributed by atoms with van der Waals surface area (Å²) in [5, 5.41) is 9.56. The second kappa shape index (κ2) is 3.75. The normalized spacial score (nSPS) is 12.9. The maximum atomic E-state index is 12.9. The van der Waals surface area contributed by atoms with Gasteiger partial charge in [-0.2, -0.15) is 0 Å². The number of benzene rings is 1. The Morgan fingerprint density at radius 1 is 1.54 bits per heavy atom. The number of aromatic hydroxyl groups is 1. The van der Waals surface area contributed by atoms with Crippen LogP contribution in [0.2, 0.25) is 0 Å². The number of rotatable bonds is 2. The molecule has 3 N–H and O–H groups in total. The fraction of sp³-hybridized carbons (Fsp3) is 0.400. The molecule has 1 aromatic carbocycles. The van der Waals surface area contributed by atoms with Crippen molar-refractivity contribution in [3.05, 3.63) is 29.1 Å². The molecule has 0 saturated carbocycles. The van der Waals surface area contributed by atoms with Crippen molar-refractivity contribution in [2.45, 2.75) is 26.3 Å². The summed E-state index contributed by atoms with van der Waals surface area (Å²) in [6.07, 6.45) is 0.721. The van der Waals surface area contributed by atoms with Crippen LogP contribution in [0.25, 0.3) is 0 Å². The number of phenolic OH excluding ortho intramolecular Hbond substituents is 1. The van der Waals surface area contributed by atoms with Gasteiger partial charge in [0.05, 0.1) is 0 Å². The van der Waals surface area contributed by atoms with Gasteiger partial charge in [-0.1, -0.05) is 13.0 Å². The quantitative estimate of drug-likeness (QED) is 0.738. The second-order valence-electron chi connectivity index (χ2n) is 3.12. The summed E-state index contributed by atoms with van der Waals surface area (Å²) in [5.74, 6) is -0.418. The molecule has 13 heavy (non-hydrogen) atoms. The van der Waals surface area contributed by atoms with E-state index in [1.807, 2.05) is 6.92 Å². The summed E-state index contributed by atoms with van der Waals surface area (Å²) in [5.41, 5.74) is 6.61. The van der Waals surface area contributed by atoms with Gasteiger partial charge >= 0.3 is 0 Å². The minimum Gasteiger partial charge on any atom is -0.507 e. The smallest absolute Gasteiger partial charge is 0.129 e. The van der Waals surface area contributed by atoms with Gasteiger partial charge in [0.1, 0.15) is 11.6 Å². The van der Waals surface area contributed by atoms with Crippen LogP contribution in [0, 0.1) is 12.7 Å². The summed E-state index contributed by atoms with van der Waals surface area (Å²) in [6, 6.07) is 2.64. The van der Waals surface area contributed by atoms with Crippen LogP contribution >= 0.6 is 0 Å². The monoisotopic (exact) mass is 183 g/mol. The number of nitrogens with two attached hydrogens (primary N) is 1. The molecular formula is C10H14FNO. The van der Waals surface area contributed by atoms with E-state index in [9.17, 15) is 9.50 Å². The van der Waals surface area contributed by atoms with Gasteiger partial charge in [-0.15, -0.1) is 0 Å². The van der Waals surface area contributed by atoms with Crippen LogP contribution in [0.1, 0.15) is 30.5 Å². The summed E-state index contributed by atoms with van der Waals surface area (Å²) in [6.45, 7) is 3.46. The number of hydrogen-bond donors (Lipinski definition) is 2. The third-order valence-corrected chi connectivity index (χ3v) is 2.24. The highest BCUT2D eigenvalue weighted by Crippen LogP contribution is 2.29. The zero-order valence-corrected chi connectivity index (χ0v) is 7.84. The Kier molecular flexibility index (Phi) is 2.88.